The number of piperazine rings is 1. The monoisotopic (exact) mass is 280 g/mol. The predicted octanol–water partition coefficient (Wildman–Crippen LogP) is 0.0968. The highest BCUT2D eigenvalue weighted by molar-refractivity contribution is 7.91. The number of sulfone groups is 1. The van der Waals surface area contributed by atoms with Crippen LogP contribution in [-0.4, -0.2) is 44.5 Å². The van der Waals surface area contributed by atoms with Crippen LogP contribution in [0.15, 0.2) is 24.3 Å². The average molecular weight is 280 g/mol. The molecule has 2 atom stereocenters. The summed E-state index contributed by atoms with van der Waals surface area (Å²) in [6.07, 6.45) is 0. The molecule has 1 aromatic carbocycles. The van der Waals surface area contributed by atoms with Gasteiger partial charge in [0, 0.05) is 5.69 Å². The summed E-state index contributed by atoms with van der Waals surface area (Å²) in [7, 11) is -3.06. The second-order valence-electron chi connectivity index (χ2n) is 5.29. The number of nitrogens with one attached hydrogen (secondary N) is 1. The summed E-state index contributed by atoms with van der Waals surface area (Å²) in [6.45, 7) is 2.20. The van der Waals surface area contributed by atoms with Crippen molar-refractivity contribution in [3.63, 3.8) is 0 Å². The molecule has 0 aromatic heterocycles. The third-order valence-electron chi connectivity index (χ3n) is 3.72. The van der Waals surface area contributed by atoms with Crippen LogP contribution in [0.3, 0.4) is 0 Å². The van der Waals surface area contributed by atoms with E-state index in [0.29, 0.717) is 0 Å². The van der Waals surface area contributed by atoms with Gasteiger partial charge in [-0.25, -0.2) is 8.42 Å². The molecule has 2 unspecified atom stereocenters. The molecule has 1 N–H and O–H groups in total. The van der Waals surface area contributed by atoms with Crippen LogP contribution in [-0.2, 0) is 14.6 Å². The zero-order valence-corrected chi connectivity index (χ0v) is 11.5. The summed E-state index contributed by atoms with van der Waals surface area (Å²) in [5, 5.41) is 2.79. The van der Waals surface area contributed by atoms with Gasteiger partial charge in [0.2, 0.25) is 5.91 Å². The number of rotatable bonds is 1. The molecule has 5 nitrogen and oxygen atoms in total. The van der Waals surface area contributed by atoms with Gasteiger partial charge in [-0.3, -0.25) is 4.79 Å². The van der Waals surface area contributed by atoms with Gasteiger partial charge in [0.05, 0.1) is 30.1 Å². The van der Waals surface area contributed by atoms with Crippen molar-refractivity contribution in [2.24, 2.45) is 0 Å². The van der Waals surface area contributed by atoms with E-state index < -0.39 is 9.84 Å². The van der Waals surface area contributed by atoms with E-state index in [0.717, 1.165) is 11.3 Å². The molecule has 102 valence electrons. The molecule has 0 radical (unpaired) electrons. The molecule has 19 heavy (non-hydrogen) atoms. The first kappa shape index (κ1) is 12.5. The molecule has 1 aromatic rings. The fourth-order valence-electron chi connectivity index (χ4n) is 2.89. The van der Waals surface area contributed by atoms with E-state index in [-0.39, 0.29) is 36.0 Å². The van der Waals surface area contributed by atoms with Crippen LogP contribution in [0.25, 0.3) is 0 Å². The number of hydrogen-bond donors (Lipinski definition) is 1. The minimum atomic E-state index is -3.06. The molecule has 2 aliphatic rings. The molecule has 0 aliphatic carbocycles. The summed E-state index contributed by atoms with van der Waals surface area (Å²) >= 11 is 0. The highest BCUT2D eigenvalue weighted by Gasteiger charge is 2.45. The van der Waals surface area contributed by atoms with Crippen LogP contribution in [0.5, 0.6) is 0 Å². The van der Waals surface area contributed by atoms with E-state index in [4.69, 9.17) is 0 Å². The molecule has 2 fully saturated rings. The molecule has 6 heteroatoms. The van der Waals surface area contributed by atoms with Gasteiger partial charge in [-0.15, -0.1) is 0 Å². The predicted molar refractivity (Wildman–Crippen MR) is 72.9 cm³/mol. The van der Waals surface area contributed by atoms with Crippen molar-refractivity contribution in [1.29, 1.82) is 0 Å². The topological polar surface area (TPSA) is 66.5 Å². The molecular formula is C13H16N2O3S. The molecule has 3 rings (SSSR count). The van der Waals surface area contributed by atoms with Crippen molar-refractivity contribution in [2.45, 2.75) is 19.0 Å². The van der Waals surface area contributed by atoms with Crippen molar-refractivity contribution >= 4 is 21.4 Å². The largest absolute Gasteiger partial charge is 0.356 e. The van der Waals surface area contributed by atoms with Gasteiger partial charge in [-0.2, -0.15) is 0 Å². The summed E-state index contributed by atoms with van der Waals surface area (Å²) < 4.78 is 23.5. The molecule has 2 heterocycles. The Kier molecular flexibility index (Phi) is 2.78. The van der Waals surface area contributed by atoms with Gasteiger partial charge in [0.25, 0.3) is 0 Å². The van der Waals surface area contributed by atoms with Gasteiger partial charge < -0.3 is 10.2 Å². The standard InChI is InChI=1S/C13H16N2O3S/c1-9-3-2-4-10(5-9)15-6-13(16)14-11-7-19(17,18)8-12(11)15/h2-5,11-12H,6-8H2,1H3,(H,14,16). The number of benzene rings is 1. The van der Waals surface area contributed by atoms with Crippen molar-refractivity contribution in [2.75, 3.05) is 23.0 Å². The highest BCUT2D eigenvalue weighted by Crippen LogP contribution is 2.27. The average Bonchev–Trinajstić information content (AvgIpc) is 2.62. The Morgan fingerprint density at radius 2 is 2.11 bits per heavy atom. The van der Waals surface area contributed by atoms with Crippen molar-refractivity contribution in [1.82, 2.24) is 5.32 Å². The quantitative estimate of drug-likeness (QED) is 0.792. The molecule has 0 bridgehead atoms. The van der Waals surface area contributed by atoms with E-state index >= 15 is 0 Å². The van der Waals surface area contributed by atoms with Crippen LogP contribution in [0.4, 0.5) is 5.69 Å². The van der Waals surface area contributed by atoms with E-state index in [1.165, 1.54) is 0 Å². The lowest BCUT2D eigenvalue weighted by molar-refractivity contribution is -0.121. The third-order valence-corrected chi connectivity index (χ3v) is 5.43. The minimum absolute atomic E-state index is 0.0473. The Morgan fingerprint density at radius 1 is 1.32 bits per heavy atom. The molecule has 2 saturated heterocycles. The number of carbonyl (C=O) groups excluding carboxylic acids is 1. The van der Waals surface area contributed by atoms with Gasteiger partial charge in [0.15, 0.2) is 9.84 Å². The summed E-state index contributed by atoms with van der Waals surface area (Å²) in [6, 6.07) is 7.39. The third kappa shape index (κ3) is 2.32. The lowest BCUT2D eigenvalue weighted by Gasteiger charge is -2.38. The van der Waals surface area contributed by atoms with E-state index in [1.807, 2.05) is 36.1 Å². The zero-order valence-electron chi connectivity index (χ0n) is 10.7. The molecule has 1 amide bonds. The summed E-state index contributed by atoms with van der Waals surface area (Å²) in [5.74, 6) is 0.0531. The highest BCUT2D eigenvalue weighted by atomic mass is 32.2. The Balaban J connectivity index is 1.98. The number of aryl methyl sites for hydroxylation is 1. The van der Waals surface area contributed by atoms with Crippen molar-refractivity contribution in [3.05, 3.63) is 29.8 Å². The zero-order chi connectivity index (χ0) is 13.6. The number of amides is 1. The summed E-state index contributed by atoms with van der Waals surface area (Å²) in [5.41, 5.74) is 2.02. The lowest BCUT2D eigenvalue weighted by Crippen LogP contribution is -2.60. The van der Waals surface area contributed by atoms with Gasteiger partial charge in [-0.05, 0) is 24.6 Å². The minimum Gasteiger partial charge on any atom is -0.356 e. The van der Waals surface area contributed by atoms with Crippen LogP contribution in [0.2, 0.25) is 0 Å². The van der Waals surface area contributed by atoms with E-state index in [2.05, 4.69) is 5.32 Å². The van der Waals surface area contributed by atoms with E-state index in [9.17, 15) is 13.2 Å². The lowest BCUT2D eigenvalue weighted by atomic mass is 10.1. The van der Waals surface area contributed by atoms with Gasteiger partial charge >= 0.3 is 0 Å². The SMILES string of the molecule is Cc1cccc(N2CC(=O)NC3CS(=O)(=O)CC32)c1. The maximum atomic E-state index is 11.8. The first-order valence-electron chi connectivity index (χ1n) is 6.28. The Hall–Kier alpha value is -1.56. The maximum Gasteiger partial charge on any atom is 0.239 e. The van der Waals surface area contributed by atoms with Crippen LogP contribution in [0.1, 0.15) is 5.56 Å². The Bertz CT molecular complexity index is 627. The second kappa shape index (κ2) is 4.23. The number of carbonyl (C=O) groups is 1. The summed E-state index contributed by atoms with van der Waals surface area (Å²) in [4.78, 5) is 13.7. The maximum absolute atomic E-state index is 11.8. The van der Waals surface area contributed by atoms with Gasteiger partial charge in [0.1, 0.15) is 0 Å². The normalized spacial score (nSPS) is 28.9. The number of fused-ring (bicyclic) bond motifs is 1. The molecule has 0 spiro atoms. The number of nitrogens with zero attached hydrogens (tertiary/aromatic N) is 1. The van der Waals surface area contributed by atoms with Crippen LogP contribution in [0, 0.1) is 6.92 Å². The van der Waals surface area contributed by atoms with E-state index in [1.54, 1.807) is 0 Å². The first-order valence-corrected chi connectivity index (χ1v) is 8.10. The Morgan fingerprint density at radius 3 is 2.84 bits per heavy atom. The van der Waals surface area contributed by atoms with Gasteiger partial charge in [-0.1, -0.05) is 12.1 Å². The fourth-order valence-corrected chi connectivity index (χ4v) is 4.81. The molecule has 0 saturated carbocycles. The van der Waals surface area contributed by atoms with Crippen molar-refractivity contribution < 1.29 is 13.2 Å². The number of anilines is 1. The molecular weight excluding hydrogens is 264 g/mol. The molecule has 2 aliphatic heterocycles. The van der Waals surface area contributed by atoms with Crippen LogP contribution < -0.4 is 10.2 Å². The fraction of sp³-hybridized carbons (Fsp3) is 0.462. The Labute approximate surface area is 112 Å². The second-order valence-corrected chi connectivity index (χ2v) is 7.44. The van der Waals surface area contributed by atoms with Crippen LogP contribution >= 0.6 is 0 Å². The van der Waals surface area contributed by atoms with Crippen molar-refractivity contribution in [3.8, 4) is 0 Å². The first-order chi connectivity index (χ1) is 8.94. The smallest absolute Gasteiger partial charge is 0.239 e. The number of hydrogen-bond acceptors (Lipinski definition) is 4.